The van der Waals surface area contributed by atoms with Crippen LogP contribution in [0.3, 0.4) is 0 Å². The smallest absolute Gasteiger partial charge is 0.0202 e. The first-order valence-electron chi connectivity index (χ1n) is 10.0. The van der Waals surface area contributed by atoms with E-state index in [9.17, 15) is 0 Å². The van der Waals surface area contributed by atoms with Gasteiger partial charge in [-0.1, -0.05) is 117 Å². The molecule has 1 unspecified atom stereocenters. The van der Waals surface area contributed by atoms with Crippen LogP contribution in [0.1, 0.15) is 78.9 Å². The van der Waals surface area contributed by atoms with Crippen LogP contribution in [-0.2, 0) is 5.41 Å². The number of hydrogen-bond acceptors (Lipinski definition) is 0. The molecule has 0 amide bonds. The third-order valence-corrected chi connectivity index (χ3v) is 5.89. The van der Waals surface area contributed by atoms with Crippen molar-refractivity contribution in [3.63, 3.8) is 0 Å². The van der Waals surface area contributed by atoms with Crippen LogP contribution in [-0.4, -0.2) is 0 Å². The summed E-state index contributed by atoms with van der Waals surface area (Å²) in [4.78, 5) is 0. The molecule has 0 saturated carbocycles. The monoisotopic (exact) mass is 482 g/mol. The lowest BCUT2D eigenvalue weighted by atomic mass is 9.65. The molecule has 0 heterocycles. The first-order valence-corrected chi connectivity index (χ1v) is 11.6. The van der Waals surface area contributed by atoms with E-state index in [-0.39, 0.29) is 5.41 Å². The Morgan fingerprint density at radius 2 is 1.08 bits per heavy atom. The lowest BCUT2D eigenvalue weighted by Gasteiger charge is -2.39. The average Bonchev–Trinajstić information content (AvgIpc) is 2.69. The van der Waals surface area contributed by atoms with Crippen molar-refractivity contribution >= 4 is 31.9 Å². The Morgan fingerprint density at radius 3 is 1.35 bits per heavy atom. The van der Waals surface area contributed by atoms with E-state index in [0.29, 0.717) is 5.92 Å². The molecule has 0 aliphatic rings. The minimum atomic E-state index is 0.0478. The molecular formula is C24H36Br2. The summed E-state index contributed by atoms with van der Waals surface area (Å²) in [5.74, 6) is 0.639. The predicted molar refractivity (Wildman–Crippen MR) is 126 cm³/mol. The van der Waals surface area contributed by atoms with Gasteiger partial charge in [-0.15, -0.1) is 0 Å². The second kappa shape index (κ2) is 13.6. The molecule has 0 spiro atoms. The van der Waals surface area contributed by atoms with Gasteiger partial charge in [0.15, 0.2) is 0 Å². The normalized spacial score (nSPS) is 11.6. The van der Waals surface area contributed by atoms with Crippen molar-refractivity contribution in [2.24, 2.45) is 5.92 Å². The molecule has 2 aromatic carbocycles. The maximum atomic E-state index is 3.56. The molecule has 0 aromatic heterocycles. The van der Waals surface area contributed by atoms with Crippen LogP contribution in [0.5, 0.6) is 0 Å². The third kappa shape index (κ3) is 6.53. The molecule has 0 nitrogen and oxygen atoms in total. The maximum Gasteiger partial charge on any atom is 0.0202 e. The van der Waals surface area contributed by atoms with Crippen LogP contribution in [0, 0.1) is 5.92 Å². The molecule has 0 radical (unpaired) electrons. The first kappa shape index (κ1) is 25.4. The topological polar surface area (TPSA) is 0 Å². The Labute approximate surface area is 179 Å². The molecule has 146 valence electrons. The van der Waals surface area contributed by atoms with Gasteiger partial charge in [-0.05, 0) is 47.7 Å². The first-order chi connectivity index (χ1) is 12.5. The summed E-state index contributed by atoms with van der Waals surface area (Å²) in [6, 6.07) is 17.7. The zero-order valence-corrected chi connectivity index (χ0v) is 20.7. The molecule has 0 N–H and O–H groups in total. The van der Waals surface area contributed by atoms with Gasteiger partial charge in [0.05, 0.1) is 0 Å². The van der Waals surface area contributed by atoms with Gasteiger partial charge in [0.2, 0.25) is 0 Å². The van der Waals surface area contributed by atoms with Gasteiger partial charge in [0.25, 0.3) is 0 Å². The highest BCUT2D eigenvalue weighted by atomic mass is 79.9. The highest BCUT2D eigenvalue weighted by molar-refractivity contribution is 9.10. The van der Waals surface area contributed by atoms with Gasteiger partial charge >= 0.3 is 0 Å². The molecule has 0 aliphatic heterocycles. The van der Waals surface area contributed by atoms with E-state index in [1.165, 1.54) is 30.4 Å². The van der Waals surface area contributed by atoms with Crippen molar-refractivity contribution in [2.75, 3.05) is 0 Å². The van der Waals surface area contributed by atoms with Gasteiger partial charge in [0, 0.05) is 14.4 Å². The average molecular weight is 484 g/mol. The number of halogens is 2. The summed E-state index contributed by atoms with van der Waals surface area (Å²) in [7, 11) is 0. The van der Waals surface area contributed by atoms with E-state index in [2.05, 4.69) is 101 Å². The van der Waals surface area contributed by atoms with Crippen molar-refractivity contribution in [2.45, 2.75) is 73.1 Å². The minimum Gasteiger partial charge on any atom is -0.0683 e. The van der Waals surface area contributed by atoms with Gasteiger partial charge in [0.1, 0.15) is 0 Å². The van der Waals surface area contributed by atoms with E-state index >= 15 is 0 Å². The summed E-state index contributed by atoms with van der Waals surface area (Å²) in [6.45, 7) is 15.0. The SMILES string of the molecule is CC.CC.CCCC(CC)C(C)(c1ccc(Br)cc1)c1ccc(Br)cc1. The molecule has 1 atom stereocenters. The molecule has 0 saturated heterocycles. The predicted octanol–water partition coefficient (Wildman–Crippen LogP) is 9.40. The lowest BCUT2D eigenvalue weighted by Crippen LogP contribution is -2.33. The van der Waals surface area contributed by atoms with Crippen LogP contribution in [0.2, 0.25) is 0 Å². The Kier molecular flexibility index (Phi) is 13.2. The summed E-state index contributed by atoms with van der Waals surface area (Å²) in [5.41, 5.74) is 2.85. The fourth-order valence-corrected chi connectivity index (χ4v) is 4.01. The molecule has 2 aromatic rings. The molecular weight excluding hydrogens is 448 g/mol. The summed E-state index contributed by atoms with van der Waals surface area (Å²) >= 11 is 7.11. The lowest BCUT2D eigenvalue weighted by molar-refractivity contribution is 0.311. The van der Waals surface area contributed by atoms with Crippen LogP contribution < -0.4 is 0 Å². The Bertz CT molecular complexity index is 539. The van der Waals surface area contributed by atoms with Gasteiger partial charge < -0.3 is 0 Å². The van der Waals surface area contributed by atoms with Crippen LogP contribution in [0.4, 0.5) is 0 Å². The fourth-order valence-electron chi connectivity index (χ4n) is 3.48. The standard InChI is InChI=1S/C20H24Br2.2C2H6/c1-4-6-15(5-2)20(3,16-7-11-18(21)12-8-16)17-9-13-19(22)14-10-17;2*1-2/h7-15H,4-6H2,1-3H3;2*1-2H3. The molecule has 0 bridgehead atoms. The molecule has 0 fully saturated rings. The van der Waals surface area contributed by atoms with Crippen molar-refractivity contribution in [1.29, 1.82) is 0 Å². The van der Waals surface area contributed by atoms with Crippen molar-refractivity contribution in [1.82, 2.24) is 0 Å². The highest BCUT2D eigenvalue weighted by Crippen LogP contribution is 2.43. The van der Waals surface area contributed by atoms with Crippen LogP contribution in [0.25, 0.3) is 0 Å². The Balaban J connectivity index is 0.00000146. The number of benzene rings is 2. The van der Waals surface area contributed by atoms with Crippen LogP contribution >= 0.6 is 31.9 Å². The second-order valence-electron chi connectivity index (χ2n) is 6.11. The number of rotatable bonds is 6. The maximum absolute atomic E-state index is 3.56. The van der Waals surface area contributed by atoms with E-state index < -0.39 is 0 Å². The molecule has 26 heavy (non-hydrogen) atoms. The van der Waals surface area contributed by atoms with Crippen LogP contribution in [0.15, 0.2) is 57.5 Å². The fraction of sp³-hybridized carbons (Fsp3) is 0.500. The van der Waals surface area contributed by atoms with Gasteiger partial charge in [-0.2, -0.15) is 0 Å². The van der Waals surface area contributed by atoms with E-state index in [0.717, 1.165) is 8.95 Å². The van der Waals surface area contributed by atoms with Crippen molar-refractivity contribution < 1.29 is 0 Å². The molecule has 2 heteroatoms. The number of hydrogen-bond donors (Lipinski definition) is 0. The zero-order chi connectivity index (χ0) is 20.2. The summed E-state index contributed by atoms with van der Waals surface area (Å²) < 4.78 is 2.27. The van der Waals surface area contributed by atoms with Gasteiger partial charge in [-0.3, -0.25) is 0 Å². The Morgan fingerprint density at radius 1 is 0.731 bits per heavy atom. The van der Waals surface area contributed by atoms with Crippen molar-refractivity contribution in [3.05, 3.63) is 68.6 Å². The minimum absolute atomic E-state index is 0.0478. The molecule has 0 aliphatic carbocycles. The van der Waals surface area contributed by atoms with E-state index in [1.54, 1.807) is 0 Å². The quantitative estimate of drug-likeness (QED) is 0.383. The largest absolute Gasteiger partial charge is 0.0683 e. The van der Waals surface area contributed by atoms with Gasteiger partial charge in [-0.25, -0.2) is 0 Å². The van der Waals surface area contributed by atoms with E-state index in [4.69, 9.17) is 0 Å². The third-order valence-electron chi connectivity index (χ3n) is 4.83. The highest BCUT2D eigenvalue weighted by Gasteiger charge is 2.36. The zero-order valence-electron chi connectivity index (χ0n) is 17.6. The Hall–Kier alpha value is -0.600. The van der Waals surface area contributed by atoms with E-state index in [1.807, 2.05) is 27.7 Å². The summed E-state index contributed by atoms with van der Waals surface area (Å²) in [5, 5.41) is 0. The second-order valence-corrected chi connectivity index (χ2v) is 7.94. The molecule has 2 rings (SSSR count). The summed E-state index contributed by atoms with van der Waals surface area (Å²) in [6.07, 6.45) is 3.66. The van der Waals surface area contributed by atoms with Crippen molar-refractivity contribution in [3.8, 4) is 0 Å².